The summed E-state index contributed by atoms with van der Waals surface area (Å²) in [5, 5.41) is 1.03. The third-order valence-electron chi connectivity index (χ3n) is 3.27. The van der Waals surface area contributed by atoms with Crippen molar-refractivity contribution in [2.24, 2.45) is 0 Å². The Balaban J connectivity index is 2.36. The number of pyridine rings is 1. The smallest absolute Gasteiger partial charge is 0.168 e. The van der Waals surface area contributed by atoms with E-state index in [0.29, 0.717) is 6.42 Å². The summed E-state index contributed by atoms with van der Waals surface area (Å²) in [6, 6.07) is 9.74. The number of ketones is 1. The highest BCUT2D eigenvalue weighted by Crippen LogP contribution is 2.20. The fourth-order valence-electron chi connectivity index (χ4n) is 1.81. The summed E-state index contributed by atoms with van der Waals surface area (Å²) in [6.45, 7) is 3.58. The van der Waals surface area contributed by atoms with Gasteiger partial charge in [-0.15, -0.1) is 0 Å². The Morgan fingerprint density at radius 3 is 2.72 bits per heavy atom. The first kappa shape index (κ1) is 12.7. The molecule has 0 aliphatic heterocycles. The number of benzene rings is 1. The number of carbonyl (C=O) groups is 1. The highest BCUT2D eigenvalue weighted by atomic mass is 16.5. The van der Waals surface area contributed by atoms with Crippen LogP contribution < -0.4 is 0 Å². The molecular formula is C15H17NO2. The average Bonchev–Trinajstić information content (AvgIpc) is 2.39. The van der Waals surface area contributed by atoms with E-state index in [2.05, 4.69) is 4.98 Å². The standard InChI is InChI=1S/C15H17NO2/c1-15(2,18-3)14(17)10-11-8-9-16-13-7-5-4-6-12(11)13/h4-9H,10H2,1-3H3. The van der Waals surface area contributed by atoms with Gasteiger partial charge < -0.3 is 4.74 Å². The van der Waals surface area contributed by atoms with Gasteiger partial charge in [0.25, 0.3) is 0 Å². The van der Waals surface area contributed by atoms with Gasteiger partial charge in [0.15, 0.2) is 5.78 Å². The minimum atomic E-state index is -0.746. The number of methoxy groups -OCH3 is 1. The summed E-state index contributed by atoms with van der Waals surface area (Å²) < 4.78 is 5.22. The van der Waals surface area contributed by atoms with Gasteiger partial charge in [-0.1, -0.05) is 18.2 Å². The van der Waals surface area contributed by atoms with Crippen LogP contribution in [0.1, 0.15) is 19.4 Å². The van der Waals surface area contributed by atoms with Crippen molar-refractivity contribution in [1.82, 2.24) is 4.98 Å². The Kier molecular flexibility index (Phi) is 3.43. The van der Waals surface area contributed by atoms with Gasteiger partial charge >= 0.3 is 0 Å². The van der Waals surface area contributed by atoms with Gasteiger partial charge in [-0.05, 0) is 31.5 Å². The number of carbonyl (C=O) groups excluding carboxylic acids is 1. The third kappa shape index (κ3) is 2.41. The lowest BCUT2D eigenvalue weighted by Gasteiger charge is -2.21. The molecule has 3 heteroatoms. The summed E-state index contributed by atoms with van der Waals surface area (Å²) in [6.07, 6.45) is 2.11. The maximum Gasteiger partial charge on any atom is 0.168 e. The molecule has 94 valence electrons. The van der Waals surface area contributed by atoms with Gasteiger partial charge in [0, 0.05) is 25.1 Å². The molecule has 0 amide bonds. The van der Waals surface area contributed by atoms with E-state index in [4.69, 9.17) is 4.74 Å². The second-order valence-electron chi connectivity index (χ2n) is 4.80. The summed E-state index contributed by atoms with van der Waals surface area (Å²) in [7, 11) is 1.56. The number of rotatable bonds is 4. The fraction of sp³-hybridized carbons (Fsp3) is 0.333. The highest BCUT2D eigenvalue weighted by molar-refractivity contribution is 5.92. The molecule has 1 aromatic heterocycles. The SMILES string of the molecule is COC(C)(C)C(=O)Cc1ccnc2ccccc12. The Hall–Kier alpha value is -1.74. The predicted molar refractivity (Wildman–Crippen MR) is 71.5 cm³/mol. The molecule has 0 radical (unpaired) electrons. The number of fused-ring (bicyclic) bond motifs is 1. The third-order valence-corrected chi connectivity index (χ3v) is 3.27. The normalized spacial score (nSPS) is 11.7. The Morgan fingerprint density at radius 1 is 1.28 bits per heavy atom. The molecule has 2 rings (SSSR count). The van der Waals surface area contributed by atoms with E-state index in [1.54, 1.807) is 27.2 Å². The van der Waals surface area contributed by atoms with Crippen LogP contribution in [0.5, 0.6) is 0 Å². The van der Waals surface area contributed by atoms with Crippen LogP contribution in [-0.4, -0.2) is 23.5 Å². The van der Waals surface area contributed by atoms with E-state index in [1.807, 2.05) is 30.3 Å². The van der Waals surface area contributed by atoms with Crippen LogP contribution in [-0.2, 0) is 16.0 Å². The Labute approximate surface area is 107 Å². The number of aromatic nitrogens is 1. The largest absolute Gasteiger partial charge is 0.371 e. The van der Waals surface area contributed by atoms with Crippen molar-refractivity contribution in [2.75, 3.05) is 7.11 Å². The van der Waals surface area contributed by atoms with Crippen molar-refractivity contribution < 1.29 is 9.53 Å². The quantitative estimate of drug-likeness (QED) is 0.829. The van der Waals surface area contributed by atoms with E-state index in [0.717, 1.165) is 16.5 Å². The summed E-state index contributed by atoms with van der Waals surface area (Å²) >= 11 is 0. The molecule has 0 aliphatic carbocycles. The van der Waals surface area contributed by atoms with Crippen LogP contribution in [0.2, 0.25) is 0 Å². The zero-order chi connectivity index (χ0) is 13.2. The van der Waals surface area contributed by atoms with E-state index in [-0.39, 0.29) is 5.78 Å². The minimum absolute atomic E-state index is 0.0707. The van der Waals surface area contributed by atoms with Gasteiger partial charge in [0.1, 0.15) is 5.60 Å². The van der Waals surface area contributed by atoms with Gasteiger partial charge in [-0.3, -0.25) is 9.78 Å². The molecule has 18 heavy (non-hydrogen) atoms. The molecule has 0 spiro atoms. The van der Waals surface area contributed by atoms with Crippen LogP contribution in [0.15, 0.2) is 36.5 Å². The minimum Gasteiger partial charge on any atom is -0.371 e. The molecule has 0 unspecified atom stereocenters. The Bertz CT molecular complexity index is 570. The second-order valence-corrected chi connectivity index (χ2v) is 4.80. The zero-order valence-corrected chi connectivity index (χ0v) is 10.9. The van der Waals surface area contributed by atoms with E-state index < -0.39 is 5.60 Å². The molecule has 0 fully saturated rings. The molecule has 3 nitrogen and oxygen atoms in total. The van der Waals surface area contributed by atoms with Crippen LogP contribution >= 0.6 is 0 Å². The second kappa shape index (κ2) is 4.86. The summed E-state index contributed by atoms with van der Waals surface area (Å²) in [5.41, 5.74) is 1.17. The number of hydrogen-bond acceptors (Lipinski definition) is 3. The molecular weight excluding hydrogens is 226 g/mol. The van der Waals surface area contributed by atoms with Crippen molar-refractivity contribution in [3.05, 3.63) is 42.1 Å². The average molecular weight is 243 g/mol. The van der Waals surface area contributed by atoms with Crippen molar-refractivity contribution in [2.45, 2.75) is 25.9 Å². The topological polar surface area (TPSA) is 39.2 Å². The van der Waals surface area contributed by atoms with E-state index in [9.17, 15) is 4.79 Å². The molecule has 2 aromatic rings. The molecule has 0 atom stereocenters. The van der Waals surface area contributed by atoms with Crippen LogP contribution in [0.25, 0.3) is 10.9 Å². The van der Waals surface area contributed by atoms with Crippen LogP contribution in [0, 0.1) is 0 Å². The van der Waals surface area contributed by atoms with Crippen molar-refractivity contribution >= 4 is 16.7 Å². The number of para-hydroxylation sites is 1. The highest BCUT2D eigenvalue weighted by Gasteiger charge is 2.26. The van der Waals surface area contributed by atoms with Gasteiger partial charge in [-0.25, -0.2) is 0 Å². The van der Waals surface area contributed by atoms with E-state index in [1.165, 1.54) is 0 Å². The number of hydrogen-bond donors (Lipinski definition) is 0. The lowest BCUT2D eigenvalue weighted by atomic mass is 9.95. The van der Waals surface area contributed by atoms with Crippen molar-refractivity contribution in [3.8, 4) is 0 Å². The number of Topliss-reactive ketones (excluding diaryl/α,β-unsaturated/α-hetero) is 1. The summed E-state index contributed by atoms with van der Waals surface area (Å²) in [5.74, 6) is 0.0707. The zero-order valence-electron chi connectivity index (χ0n) is 10.9. The lowest BCUT2D eigenvalue weighted by Crippen LogP contribution is -2.35. The van der Waals surface area contributed by atoms with Gasteiger partial charge in [-0.2, -0.15) is 0 Å². The van der Waals surface area contributed by atoms with Gasteiger partial charge in [0.2, 0.25) is 0 Å². The first-order valence-corrected chi connectivity index (χ1v) is 5.95. The number of nitrogens with zero attached hydrogens (tertiary/aromatic N) is 1. The maximum absolute atomic E-state index is 12.2. The maximum atomic E-state index is 12.2. The molecule has 0 bridgehead atoms. The Morgan fingerprint density at radius 2 is 2.00 bits per heavy atom. The predicted octanol–water partition coefficient (Wildman–Crippen LogP) is 2.77. The van der Waals surface area contributed by atoms with Crippen LogP contribution in [0.3, 0.4) is 0 Å². The fourth-order valence-corrected chi connectivity index (χ4v) is 1.81. The van der Waals surface area contributed by atoms with E-state index >= 15 is 0 Å². The molecule has 1 heterocycles. The van der Waals surface area contributed by atoms with Crippen LogP contribution in [0.4, 0.5) is 0 Å². The van der Waals surface area contributed by atoms with Gasteiger partial charge in [0.05, 0.1) is 5.52 Å². The number of ether oxygens (including phenoxy) is 1. The molecule has 1 aromatic carbocycles. The summed E-state index contributed by atoms with van der Waals surface area (Å²) in [4.78, 5) is 16.5. The van der Waals surface area contributed by atoms with Crippen molar-refractivity contribution in [3.63, 3.8) is 0 Å². The van der Waals surface area contributed by atoms with Crippen molar-refractivity contribution in [1.29, 1.82) is 0 Å². The lowest BCUT2D eigenvalue weighted by molar-refractivity contribution is -0.136. The first-order chi connectivity index (χ1) is 8.54. The molecule has 0 N–H and O–H groups in total. The molecule has 0 saturated carbocycles. The first-order valence-electron chi connectivity index (χ1n) is 5.95. The monoisotopic (exact) mass is 243 g/mol. The molecule has 0 aliphatic rings. The molecule has 0 saturated heterocycles.